The van der Waals surface area contributed by atoms with Gasteiger partial charge in [0.25, 0.3) is 0 Å². The van der Waals surface area contributed by atoms with Crippen LogP contribution in [-0.2, 0) is 6.42 Å². The summed E-state index contributed by atoms with van der Waals surface area (Å²) in [5.41, 5.74) is 4.47. The van der Waals surface area contributed by atoms with E-state index in [1.54, 1.807) is 11.3 Å². The van der Waals surface area contributed by atoms with Crippen LogP contribution in [0.15, 0.2) is 35.2 Å². The second-order valence-electron chi connectivity index (χ2n) is 6.06. The molecule has 1 unspecified atom stereocenters. The van der Waals surface area contributed by atoms with Crippen molar-refractivity contribution in [2.45, 2.75) is 38.6 Å². The third-order valence-electron chi connectivity index (χ3n) is 3.16. The quantitative estimate of drug-likeness (QED) is 0.879. The van der Waals surface area contributed by atoms with Crippen molar-refractivity contribution >= 4 is 22.9 Å². The Bertz CT molecular complexity index is 514. The highest BCUT2D eigenvalue weighted by Crippen LogP contribution is 2.23. The summed E-state index contributed by atoms with van der Waals surface area (Å²) in [5, 5.41) is 6.50. The predicted octanol–water partition coefficient (Wildman–Crippen LogP) is 4.51. The number of hydrogen-bond donors (Lipinski definition) is 1. The van der Waals surface area contributed by atoms with Gasteiger partial charge in [-0.3, -0.25) is 0 Å². The fourth-order valence-corrected chi connectivity index (χ4v) is 2.76. The minimum atomic E-state index is 0.118. The summed E-state index contributed by atoms with van der Waals surface area (Å²) in [7, 11) is 0. The van der Waals surface area contributed by atoms with Gasteiger partial charge in [-0.05, 0) is 44.9 Å². The van der Waals surface area contributed by atoms with Gasteiger partial charge in [0.1, 0.15) is 0 Å². The van der Waals surface area contributed by atoms with Crippen molar-refractivity contribution in [2.24, 2.45) is 0 Å². The fourth-order valence-electron chi connectivity index (χ4n) is 2.06. The Kier molecular flexibility index (Phi) is 5.19. The van der Waals surface area contributed by atoms with Crippen molar-refractivity contribution in [3.8, 4) is 0 Å². The number of benzene rings is 1. The monoisotopic (exact) mass is 308 g/mol. The number of aromatic nitrogens is 1. The number of nitrogens with one attached hydrogen (secondary N) is 1. The molecule has 0 aliphatic carbocycles. The van der Waals surface area contributed by atoms with Crippen LogP contribution in [0.2, 0.25) is 5.02 Å². The molecule has 2 nitrogen and oxygen atoms in total. The van der Waals surface area contributed by atoms with Gasteiger partial charge in [0.2, 0.25) is 0 Å². The van der Waals surface area contributed by atoms with Crippen LogP contribution in [0.5, 0.6) is 0 Å². The van der Waals surface area contributed by atoms with Gasteiger partial charge in [-0.2, -0.15) is 0 Å². The molecule has 0 amide bonds. The molecule has 20 heavy (non-hydrogen) atoms. The zero-order chi connectivity index (χ0) is 14.6. The average Bonchev–Trinajstić information content (AvgIpc) is 2.87. The van der Waals surface area contributed by atoms with Gasteiger partial charge in [-0.1, -0.05) is 23.7 Å². The maximum Gasteiger partial charge on any atom is 0.0794 e. The first-order chi connectivity index (χ1) is 9.44. The molecule has 0 saturated carbocycles. The molecule has 0 bridgehead atoms. The molecule has 1 aromatic carbocycles. The predicted molar refractivity (Wildman–Crippen MR) is 87.8 cm³/mol. The summed E-state index contributed by atoms with van der Waals surface area (Å²) >= 11 is 7.63. The number of nitrogens with zero attached hydrogens (tertiary/aromatic N) is 1. The van der Waals surface area contributed by atoms with E-state index in [2.05, 4.69) is 48.6 Å². The first kappa shape index (κ1) is 15.5. The minimum Gasteiger partial charge on any atom is -0.311 e. The zero-order valence-electron chi connectivity index (χ0n) is 12.2. The van der Waals surface area contributed by atoms with Gasteiger partial charge in [-0.25, -0.2) is 4.98 Å². The van der Waals surface area contributed by atoms with E-state index >= 15 is 0 Å². The van der Waals surface area contributed by atoms with Gasteiger partial charge in [0.05, 0.1) is 11.2 Å². The van der Waals surface area contributed by atoms with Crippen LogP contribution < -0.4 is 5.32 Å². The van der Waals surface area contributed by atoms with E-state index in [1.807, 2.05) is 17.6 Å². The Morgan fingerprint density at radius 3 is 2.50 bits per heavy atom. The summed E-state index contributed by atoms with van der Waals surface area (Å²) < 4.78 is 0. The molecule has 2 rings (SSSR count). The van der Waals surface area contributed by atoms with Crippen LogP contribution in [0.4, 0.5) is 0 Å². The van der Waals surface area contributed by atoms with Gasteiger partial charge in [0.15, 0.2) is 0 Å². The second-order valence-corrected chi connectivity index (χ2v) is 7.22. The first-order valence-electron chi connectivity index (χ1n) is 6.81. The summed E-state index contributed by atoms with van der Waals surface area (Å²) in [4.78, 5) is 4.41. The zero-order valence-corrected chi connectivity index (χ0v) is 13.8. The molecular formula is C16H21ClN2S. The molecule has 0 saturated heterocycles. The fraction of sp³-hybridized carbons (Fsp3) is 0.438. The van der Waals surface area contributed by atoms with E-state index in [1.165, 1.54) is 5.56 Å². The molecular weight excluding hydrogens is 288 g/mol. The molecule has 0 fully saturated rings. The lowest BCUT2D eigenvalue weighted by atomic mass is 9.93. The third kappa shape index (κ3) is 4.89. The van der Waals surface area contributed by atoms with Crippen molar-refractivity contribution in [1.82, 2.24) is 10.3 Å². The van der Waals surface area contributed by atoms with Gasteiger partial charge < -0.3 is 5.32 Å². The standard InChI is InChI=1S/C16H21ClN2S/c1-16(2,3)19-9-13(8-15-10-20-11-18-15)12-4-6-14(17)7-5-12/h4-7,10-11,13,19H,8-9H2,1-3H3. The van der Waals surface area contributed by atoms with Crippen LogP contribution in [-0.4, -0.2) is 17.1 Å². The van der Waals surface area contributed by atoms with Crippen molar-refractivity contribution in [1.29, 1.82) is 0 Å². The Labute approximate surface area is 130 Å². The molecule has 0 spiro atoms. The van der Waals surface area contributed by atoms with E-state index in [-0.39, 0.29) is 5.54 Å². The Morgan fingerprint density at radius 1 is 1.25 bits per heavy atom. The maximum atomic E-state index is 5.98. The summed E-state index contributed by atoms with van der Waals surface area (Å²) in [6.07, 6.45) is 0.953. The molecule has 2 aromatic rings. The SMILES string of the molecule is CC(C)(C)NCC(Cc1cscn1)c1ccc(Cl)cc1. The van der Waals surface area contributed by atoms with Crippen molar-refractivity contribution in [3.63, 3.8) is 0 Å². The molecule has 0 aliphatic rings. The number of hydrogen-bond acceptors (Lipinski definition) is 3. The van der Waals surface area contributed by atoms with E-state index in [0.717, 1.165) is 23.7 Å². The normalized spacial score (nSPS) is 13.4. The van der Waals surface area contributed by atoms with Gasteiger partial charge in [0, 0.05) is 28.4 Å². The topological polar surface area (TPSA) is 24.9 Å². The third-order valence-corrected chi connectivity index (χ3v) is 4.05. The van der Waals surface area contributed by atoms with Crippen LogP contribution in [0, 0.1) is 0 Å². The summed E-state index contributed by atoms with van der Waals surface area (Å²) in [6.45, 7) is 7.50. The maximum absolute atomic E-state index is 5.98. The van der Waals surface area contributed by atoms with E-state index < -0.39 is 0 Å². The van der Waals surface area contributed by atoms with Gasteiger partial charge in [-0.15, -0.1) is 11.3 Å². The Balaban J connectivity index is 2.12. The van der Waals surface area contributed by atoms with Crippen molar-refractivity contribution < 1.29 is 0 Å². The molecule has 1 N–H and O–H groups in total. The van der Waals surface area contributed by atoms with Crippen LogP contribution in [0.1, 0.15) is 37.9 Å². The highest BCUT2D eigenvalue weighted by molar-refractivity contribution is 7.07. The Morgan fingerprint density at radius 2 is 1.95 bits per heavy atom. The summed E-state index contributed by atoms with van der Waals surface area (Å²) in [5.74, 6) is 0.411. The highest BCUT2D eigenvalue weighted by Gasteiger charge is 2.17. The molecule has 0 aliphatic heterocycles. The molecule has 1 atom stereocenters. The van der Waals surface area contributed by atoms with E-state index in [0.29, 0.717) is 5.92 Å². The average molecular weight is 309 g/mol. The van der Waals surface area contributed by atoms with E-state index in [4.69, 9.17) is 11.6 Å². The number of thiazole rings is 1. The van der Waals surface area contributed by atoms with Crippen LogP contribution >= 0.6 is 22.9 Å². The molecule has 1 heterocycles. The van der Waals surface area contributed by atoms with Crippen molar-refractivity contribution in [2.75, 3.05) is 6.54 Å². The second kappa shape index (κ2) is 6.70. The first-order valence-corrected chi connectivity index (χ1v) is 8.14. The molecule has 1 aromatic heterocycles. The lowest BCUT2D eigenvalue weighted by molar-refractivity contribution is 0.404. The molecule has 4 heteroatoms. The lowest BCUT2D eigenvalue weighted by Crippen LogP contribution is -2.39. The number of halogens is 1. The van der Waals surface area contributed by atoms with Crippen LogP contribution in [0.3, 0.4) is 0 Å². The molecule has 0 radical (unpaired) electrons. The Hall–Kier alpha value is -0.900. The van der Waals surface area contributed by atoms with Gasteiger partial charge >= 0.3 is 0 Å². The smallest absolute Gasteiger partial charge is 0.0794 e. The highest BCUT2D eigenvalue weighted by atomic mass is 35.5. The largest absolute Gasteiger partial charge is 0.311 e. The molecule has 108 valence electrons. The van der Waals surface area contributed by atoms with E-state index in [9.17, 15) is 0 Å². The lowest BCUT2D eigenvalue weighted by Gasteiger charge is -2.25. The van der Waals surface area contributed by atoms with Crippen LogP contribution in [0.25, 0.3) is 0 Å². The minimum absolute atomic E-state index is 0.118. The van der Waals surface area contributed by atoms with Crippen molar-refractivity contribution in [3.05, 3.63) is 51.4 Å². The number of rotatable bonds is 5. The summed E-state index contributed by atoms with van der Waals surface area (Å²) in [6, 6.07) is 8.15.